The van der Waals surface area contributed by atoms with E-state index < -0.39 is 30.5 Å². The molecule has 1 amide bonds. The summed E-state index contributed by atoms with van der Waals surface area (Å²) in [7, 11) is 1.26. The molecule has 0 aliphatic carbocycles. The molecule has 3 aromatic rings. The molecule has 174 valence electrons. The molecule has 0 saturated heterocycles. The Morgan fingerprint density at radius 2 is 1.85 bits per heavy atom. The second-order valence-electron chi connectivity index (χ2n) is 7.81. The molecule has 0 bridgehead atoms. The molecule has 2 aromatic heterocycles. The lowest BCUT2D eigenvalue weighted by Gasteiger charge is -2.16. The van der Waals surface area contributed by atoms with Gasteiger partial charge in [0.05, 0.1) is 12.8 Å². The highest BCUT2D eigenvalue weighted by molar-refractivity contribution is 5.86. The van der Waals surface area contributed by atoms with Crippen molar-refractivity contribution in [3.05, 3.63) is 64.6 Å². The maximum atomic E-state index is 12.3. The van der Waals surface area contributed by atoms with E-state index in [-0.39, 0.29) is 12.8 Å². The van der Waals surface area contributed by atoms with Gasteiger partial charge in [-0.15, -0.1) is 0 Å². The van der Waals surface area contributed by atoms with Crippen molar-refractivity contribution in [3.8, 4) is 0 Å². The van der Waals surface area contributed by atoms with Crippen LogP contribution in [-0.2, 0) is 36.7 Å². The van der Waals surface area contributed by atoms with Gasteiger partial charge < -0.3 is 14.8 Å². The van der Waals surface area contributed by atoms with Crippen molar-refractivity contribution >= 4 is 23.5 Å². The van der Waals surface area contributed by atoms with E-state index in [0.717, 1.165) is 33.9 Å². The minimum Gasteiger partial charge on any atom is -0.467 e. The van der Waals surface area contributed by atoms with Crippen molar-refractivity contribution in [2.45, 2.75) is 46.1 Å². The Labute approximate surface area is 192 Å². The zero-order valence-electron chi connectivity index (χ0n) is 19.3. The van der Waals surface area contributed by atoms with Crippen LogP contribution in [0.15, 0.2) is 36.4 Å². The number of carbonyl (C=O) groups is 3. The van der Waals surface area contributed by atoms with Crippen LogP contribution < -0.4 is 5.32 Å². The molecule has 0 saturated carbocycles. The minimum absolute atomic E-state index is 0.0901. The highest BCUT2D eigenvalue weighted by atomic mass is 16.5. The second-order valence-corrected chi connectivity index (χ2v) is 7.81. The number of methoxy groups -OCH3 is 1. The first-order valence-corrected chi connectivity index (χ1v) is 10.7. The predicted molar refractivity (Wildman–Crippen MR) is 121 cm³/mol. The van der Waals surface area contributed by atoms with Crippen LogP contribution in [-0.4, -0.2) is 52.2 Å². The van der Waals surface area contributed by atoms with Crippen molar-refractivity contribution in [2.24, 2.45) is 0 Å². The van der Waals surface area contributed by atoms with Gasteiger partial charge in [0.25, 0.3) is 5.91 Å². The van der Waals surface area contributed by atoms with Crippen molar-refractivity contribution in [2.75, 3.05) is 13.7 Å². The molecule has 33 heavy (non-hydrogen) atoms. The number of rotatable bonds is 9. The highest BCUT2D eigenvalue weighted by Crippen LogP contribution is 2.17. The third-order valence-corrected chi connectivity index (χ3v) is 5.33. The van der Waals surface area contributed by atoms with Crippen molar-refractivity contribution in [1.29, 1.82) is 0 Å². The number of aromatic nitrogens is 3. The minimum atomic E-state index is -0.871. The van der Waals surface area contributed by atoms with E-state index in [9.17, 15) is 14.4 Å². The molecule has 0 radical (unpaired) electrons. The van der Waals surface area contributed by atoms with Gasteiger partial charge in [0.2, 0.25) is 0 Å². The van der Waals surface area contributed by atoms with Crippen LogP contribution in [0, 0.1) is 20.8 Å². The molecular formula is C24H28N4O5. The number of amides is 1. The molecular weight excluding hydrogens is 424 g/mol. The van der Waals surface area contributed by atoms with Crippen LogP contribution in [0.5, 0.6) is 0 Å². The summed E-state index contributed by atoms with van der Waals surface area (Å²) < 4.78 is 11.7. The number of fused-ring (bicyclic) bond motifs is 1. The fourth-order valence-corrected chi connectivity index (χ4v) is 3.67. The van der Waals surface area contributed by atoms with Crippen LogP contribution in [0.1, 0.15) is 34.6 Å². The summed E-state index contributed by atoms with van der Waals surface area (Å²) in [5.74, 6) is -1.66. The highest BCUT2D eigenvalue weighted by Gasteiger charge is 2.22. The van der Waals surface area contributed by atoms with Gasteiger partial charge in [-0.3, -0.25) is 9.59 Å². The summed E-state index contributed by atoms with van der Waals surface area (Å²) in [4.78, 5) is 41.1. The molecule has 2 heterocycles. The summed E-state index contributed by atoms with van der Waals surface area (Å²) in [5, 5.41) is 7.00. The Hall–Kier alpha value is -3.75. The normalized spacial score (nSPS) is 11.8. The van der Waals surface area contributed by atoms with Crippen LogP contribution in [0.2, 0.25) is 0 Å². The fourth-order valence-electron chi connectivity index (χ4n) is 3.67. The lowest BCUT2D eigenvalue weighted by atomic mass is 10.1. The number of carbonyl (C=O) groups excluding carboxylic acids is 3. The topological polar surface area (TPSA) is 112 Å². The quantitative estimate of drug-likeness (QED) is 0.495. The van der Waals surface area contributed by atoms with E-state index in [0.29, 0.717) is 6.42 Å². The molecule has 1 atom stereocenters. The van der Waals surface area contributed by atoms with Crippen molar-refractivity contribution in [3.63, 3.8) is 0 Å². The number of hydrogen-bond acceptors (Lipinski definition) is 7. The van der Waals surface area contributed by atoms with Gasteiger partial charge in [0.15, 0.2) is 12.3 Å². The predicted octanol–water partition coefficient (Wildman–Crippen LogP) is 2.03. The summed E-state index contributed by atoms with van der Waals surface area (Å²) in [5.41, 5.74) is 5.16. The smallest absolute Gasteiger partial charge is 0.328 e. The molecule has 1 N–H and O–H groups in total. The van der Waals surface area contributed by atoms with Gasteiger partial charge in [-0.05, 0) is 38.3 Å². The molecule has 1 unspecified atom stereocenters. The number of nitrogens with zero attached hydrogens (tertiary/aromatic N) is 3. The van der Waals surface area contributed by atoms with Gasteiger partial charge in [-0.25, -0.2) is 14.3 Å². The zero-order valence-corrected chi connectivity index (χ0v) is 19.3. The van der Waals surface area contributed by atoms with Crippen LogP contribution >= 0.6 is 0 Å². The molecule has 9 nitrogen and oxygen atoms in total. The van der Waals surface area contributed by atoms with E-state index in [1.54, 1.807) is 4.52 Å². The molecule has 0 fully saturated rings. The van der Waals surface area contributed by atoms with Crippen LogP contribution in [0.25, 0.3) is 5.65 Å². The molecule has 0 aliphatic heterocycles. The van der Waals surface area contributed by atoms with Crippen LogP contribution in [0.3, 0.4) is 0 Å². The number of esters is 2. The Balaban J connectivity index is 1.53. The van der Waals surface area contributed by atoms with E-state index in [4.69, 9.17) is 9.47 Å². The average Bonchev–Trinajstić information content (AvgIpc) is 3.17. The SMILES string of the molecule is COC(=O)C(Cc1ccccc1)NC(=O)COC(=O)CCc1c(C)nc2cc(C)nn2c1C. The Morgan fingerprint density at radius 1 is 1.12 bits per heavy atom. The summed E-state index contributed by atoms with van der Waals surface area (Å²) in [6, 6.07) is 10.3. The van der Waals surface area contributed by atoms with Crippen molar-refractivity contribution < 1.29 is 23.9 Å². The molecule has 0 aliphatic rings. The summed E-state index contributed by atoms with van der Waals surface area (Å²) >= 11 is 0. The van der Waals surface area contributed by atoms with E-state index in [2.05, 4.69) is 15.4 Å². The first-order chi connectivity index (χ1) is 15.8. The second kappa shape index (κ2) is 10.7. The van der Waals surface area contributed by atoms with Gasteiger partial charge >= 0.3 is 11.9 Å². The Morgan fingerprint density at radius 3 is 2.55 bits per heavy atom. The number of ether oxygens (including phenoxy) is 2. The van der Waals surface area contributed by atoms with Crippen LogP contribution in [0.4, 0.5) is 0 Å². The number of aryl methyl sites for hydroxylation is 3. The fraction of sp³-hybridized carbons (Fsp3) is 0.375. The first kappa shape index (κ1) is 23.9. The third kappa shape index (κ3) is 6.15. The molecule has 0 spiro atoms. The van der Waals surface area contributed by atoms with Gasteiger partial charge in [0, 0.05) is 30.3 Å². The molecule has 3 rings (SSSR count). The lowest BCUT2D eigenvalue weighted by molar-refractivity contribution is -0.150. The Bertz CT molecular complexity index is 1160. The number of hydrogen-bond donors (Lipinski definition) is 1. The van der Waals surface area contributed by atoms with Gasteiger partial charge in [0.1, 0.15) is 6.04 Å². The monoisotopic (exact) mass is 452 g/mol. The lowest BCUT2D eigenvalue weighted by Crippen LogP contribution is -2.44. The van der Waals surface area contributed by atoms with Gasteiger partial charge in [-0.1, -0.05) is 30.3 Å². The Kier molecular flexibility index (Phi) is 7.76. The van der Waals surface area contributed by atoms with Crippen molar-refractivity contribution in [1.82, 2.24) is 19.9 Å². The average molecular weight is 453 g/mol. The largest absolute Gasteiger partial charge is 0.467 e. The zero-order chi connectivity index (χ0) is 24.0. The summed E-state index contributed by atoms with van der Waals surface area (Å²) in [6.07, 6.45) is 0.778. The molecule has 9 heteroatoms. The van der Waals surface area contributed by atoms with E-state index >= 15 is 0 Å². The number of nitrogens with one attached hydrogen (secondary N) is 1. The molecule has 1 aromatic carbocycles. The summed E-state index contributed by atoms with van der Waals surface area (Å²) in [6.45, 7) is 5.25. The standard InChI is InChI=1S/C24H28N4O5/c1-15-12-21-25-16(2)19(17(3)28(21)27-15)10-11-23(30)33-14-22(29)26-20(24(31)32-4)13-18-8-6-5-7-9-18/h5-9,12,20H,10-11,13-14H2,1-4H3,(H,26,29). The third-order valence-electron chi connectivity index (χ3n) is 5.33. The maximum absolute atomic E-state index is 12.3. The van der Waals surface area contributed by atoms with Gasteiger partial charge in [-0.2, -0.15) is 5.10 Å². The maximum Gasteiger partial charge on any atom is 0.328 e. The number of benzene rings is 1. The van der Waals surface area contributed by atoms with E-state index in [1.165, 1.54) is 7.11 Å². The first-order valence-electron chi connectivity index (χ1n) is 10.7. The van der Waals surface area contributed by atoms with E-state index in [1.807, 2.05) is 57.2 Å².